The number of pyridine rings is 1. The van der Waals surface area contributed by atoms with Crippen molar-refractivity contribution in [3.63, 3.8) is 0 Å². The van der Waals surface area contributed by atoms with E-state index in [0.717, 1.165) is 0 Å². The van der Waals surface area contributed by atoms with E-state index in [2.05, 4.69) is 15.0 Å². The molecule has 0 saturated heterocycles. The summed E-state index contributed by atoms with van der Waals surface area (Å²) in [6.07, 6.45) is 2.28. The Bertz CT molecular complexity index is 498. The molecule has 1 rings (SSSR count). The summed E-state index contributed by atoms with van der Waals surface area (Å²) in [6, 6.07) is 3.17. The first-order valence-electron chi connectivity index (χ1n) is 6.05. The van der Waals surface area contributed by atoms with Crippen molar-refractivity contribution in [1.29, 1.82) is 0 Å². The van der Waals surface area contributed by atoms with Crippen molar-refractivity contribution >= 4 is 15.8 Å². The minimum Gasteiger partial charge on any atom is -0.369 e. The molecule has 6 heteroatoms. The maximum absolute atomic E-state index is 12.3. The van der Waals surface area contributed by atoms with Crippen molar-refractivity contribution in [1.82, 2.24) is 9.71 Å². The molecule has 0 amide bonds. The molecule has 0 radical (unpaired) electrons. The first-order chi connectivity index (χ1) is 8.32. The van der Waals surface area contributed by atoms with Crippen LogP contribution in [0.3, 0.4) is 0 Å². The van der Waals surface area contributed by atoms with Crippen molar-refractivity contribution in [3.05, 3.63) is 18.3 Å². The van der Waals surface area contributed by atoms with Crippen LogP contribution >= 0.6 is 0 Å². The minimum absolute atomic E-state index is 0.188. The highest BCUT2D eigenvalue weighted by Gasteiger charge is 2.26. The molecule has 0 aliphatic carbocycles. The van der Waals surface area contributed by atoms with E-state index < -0.39 is 15.6 Å². The number of sulfonamides is 1. The molecule has 0 spiro atoms. The molecule has 0 aliphatic rings. The van der Waals surface area contributed by atoms with Crippen molar-refractivity contribution < 1.29 is 8.42 Å². The Labute approximate surface area is 109 Å². The lowest BCUT2D eigenvalue weighted by molar-refractivity contribution is 0.439. The van der Waals surface area contributed by atoms with Crippen LogP contribution in [0.5, 0.6) is 0 Å². The van der Waals surface area contributed by atoms with Gasteiger partial charge in [0.25, 0.3) is 0 Å². The maximum atomic E-state index is 12.3. The summed E-state index contributed by atoms with van der Waals surface area (Å²) in [7, 11) is -3.56. The number of nitrogens with zero attached hydrogens (tertiary/aromatic N) is 1. The van der Waals surface area contributed by atoms with Crippen LogP contribution in [0.4, 0.5) is 5.82 Å². The Kier molecular flexibility index (Phi) is 4.70. The topological polar surface area (TPSA) is 71.1 Å². The molecule has 0 aromatic carbocycles. The Morgan fingerprint density at radius 1 is 1.33 bits per heavy atom. The normalized spacial score (nSPS) is 12.4. The molecular formula is C12H21N3O2S. The average Bonchev–Trinajstić information content (AvgIpc) is 2.29. The van der Waals surface area contributed by atoms with E-state index in [1.165, 1.54) is 0 Å². The molecule has 1 aromatic rings. The van der Waals surface area contributed by atoms with E-state index in [9.17, 15) is 8.42 Å². The van der Waals surface area contributed by atoms with Crippen molar-refractivity contribution in [2.45, 2.75) is 44.6 Å². The van der Waals surface area contributed by atoms with E-state index in [1.54, 1.807) is 18.3 Å². The predicted octanol–water partition coefficient (Wildman–Crippen LogP) is 1.98. The number of anilines is 1. The highest BCUT2D eigenvalue weighted by Crippen LogP contribution is 2.20. The fourth-order valence-corrected chi connectivity index (χ4v) is 3.02. The predicted molar refractivity (Wildman–Crippen MR) is 73.1 cm³/mol. The van der Waals surface area contributed by atoms with Gasteiger partial charge < -0.3 is 5.32 Å². The Morgan fingerprint density at radius 3 is 2.56 bits per heavy atom. The number of hydrogen-bond donors (Lipinski definition) is 2. The zero-order valence-corrected chi connectivity index (χ0v) is 12.1. The standard InChI is InChI=1S/C12H21N3O2S/c1-5-12(3,4)15-18(16,17)10-8-7-9-14-11(10)13-6-2/h7-9,15H,5-6H2,1-4H3,(H,13,14). The second-order valence-electron chi connectivity index (χ2n) is 4.72. The third kappa shape index (κ3) is 3.68. The highest BCUT2D eigenvalue weighted by atomic mass is 32.2. The van der Waals surface area contributed by atoms with Crippen LogP contribution < -0.4 is 10.0 Å². The SMILES string of the molecule is CCNc1ncccc1S(=O)(=O)NC(C)(C)CC. The fraction of sp³-hybridized carbons (Fsp3) is 0.583. The van der Waals surface area contributed by atoms with Gasteiger partial charge in [0, 0.05) is 18.3 Å². The Hall–Kier alpha value is -1.14. The zero-order chi connectivity index (χ0) is 13.8. The van der Waals surface area contributed by atoms with Gasteiger partial charge in [0.1, 0.15) is 10.7 Å². The smallest absolute Gasteiger partial charge is 0.244 e. The van der Waals surface area contributed by atoms with Gasteiger partial charge in [-0.05, 0) is 39.3 Å². The van der Waals surface area contributed by atoms with Crippen LogP contribution in [0.25, 0.3) is 0 Å². The first-order valence-corrected chi connectivity index (χ1v) is 7.53. The lowest BCUT2D eigenvalue weighted by Gasteiger charge is -2.24. The van der Waals surface area contributed by atoms with E-state index in [1.807, 2.05) is 27.7 Å². The molecule has 18 heavy (non-hydrogen) atoms. The molecule has 0 aliphatic heterocycles. The largest absolute Gasteiger partial charge is 0.369 e. The molecule has 0 unspecified atom stereocenters. The van der Waals surface area contributed by atoms with Gasteiger partial charge in [-0.1, -0.05) is 6.92 Å². The molecule has 0 fully saturated rings. The molecule has 1 heterocycles. The van der Waals surface area contributed by atoms with E-state index in [0.29, 0.717) is 18.8 Å². The lowest BCUT2D eigenvalue weighted by Crippen LogP contribution is -2.42. The maximum Gasteiger partial charge on any atom is 0.244 e. The minimum atomic E-state index is -3.56. The first kappa shape index (κ1) is 14.9. The summed E-state index contributed by atoms with van der Waals surface area (Å²) >= 11 is 0. The fourth-order valence-electron chi connectivity index (χ4n) is 1.40. The summed E-state index contributed by atoms with van der Waals surface area (Å²) in [5.74, 6) is 0.388. The van der Waals surface area contributed by atoms with Crippen LogP contribution in [0.15, 0.2) is 23.2 Å². The number of hydrogen-bond acceptors (Lipinski definition) is 4. The molecule has 0 bridgehead atoms. The summed E-state index contributed by atoms with van der Waals surface area (Å²) in [5, 5.41) is 2.96. The van der Waals surface area contributed by atoms with E-state index in [-0.39, 0.29) is 4.90 Å². The third-order valence-corrected chi connectivity index (χ3v) is 4.43. The molecule has 1 aromatic heterocycles. The molecule has 0 saturated carbocycles. The van der Waals surface area contributed by atoms with Gasteiger partial charge >= 0.3 is 0 Å². The average molecular weight is 271 g/mol. The summed E-state index contributed by atoms with van der Waals surface area (Å²) in [5.41, 5.74) is -0.474. The highest BCUT2D eigenvalue weighted by molar-refractivity contribution is 7.89. The summed E-state index contributed by atoms with van der Waals surface area (Å²) < 4.78 is 27.3. The summed E-state index contributed by atoms with van der Waals surface area (Å²) in [6.45, 7) is 8.17. The lowest BCUT2D eigenvalue weighted by atomic mass is 10.0. The van der Waals surface area contributed by atoms with Crippen LogP contribution in [0.1, 0.15) is 34.1 Å². The second kappa shape index (κ2) is 5.67. The molecular weight excluding hydrogens is 250 g/mol. The van der Waals surface area contributed by atoms with E-state index >= 15 is 0 Å². The zero-order valence-electron chi connectivity index (χ0n) is 11.3. The number of rotatable bonds is 6. The second-order valence-corrected chi connectivity index (χ2v) is 6.37. The quantitative estimate of drug-likeness (QED) is 0.830. The van der Waals surface area contributed by atoms with Crippen molar-refractivity contribution in [3.8, 4) is 0 Å². The molecule has 102 valence electrons. The van der Waals surface area contributed by atoms with Crippen molar-refractivity contribution in [2.24, 2.45) is 0 Å². The van der Waals surface area contributed by atoms with Crippen LogP contribution in [0.2, 0.25) is 0 Å². The van der Waals surface area contributed by atoms with Gasteiger partial charge in [0.05, 0.1) is 0 Å². The third-order valence-electron chi connectivity index (χ3n) is 2.70. The van der Waals surface area contributed by atoms with E-state index in [4.69, 9.17) is 0 Å². The van der Waals surface area contributed by atoms with Gasteiger partial charge in [0.2, 0.25) is 10.0 Å². The Balaban J connectivity index is 3.13. The molecule has 2 N–H and O–H groups in total. The van der Waals surface area contributed by atoms with Gasteiger partial charge in [-0.25, -0.2) is 18.1 Å². The van der Waals surface area contributed by atoms with Gasteiger partial charge in [-0.15, -0.1) is 0 Å². The Morgan fingerprint density at radius 2 is 2.00 bits per heavy atom. The van der Waals surface area contributed by atoms with Crippen LogP contribution in [-0.2, 0) is 10.0 Å². The number of nitrogens with one attached hydrogen (secondary N) is 2. The molecule has 5 nitrogen and oxygen atoms in total. The van der Waals surface area contributed by atoms with Gasteiger partial charge in [-0.2, -0.15) is 0 Å². The monoisotopic (exact) mass is 271 g/mol. The molecule has 0 atom stereocenters. The van der Waals surface area contributed by atoms with Gasteiger partial charge in [0.15, 0.2) is 0 Å². The van der Waals surface area contributed by atoms with Crippen molar-refractivity contribution in [2.75, 3.05) is 11.9 Å². The summed E-state index contributed by atoms with van der Waals surface area (Å²) in [4.78, 5) is 4.25. The number of aromatic nitrogens is 1. The van der Waals surface area contributed by atoms with Gasteiger partial charge in [-0.3, -0.25) is 0 Å². The van der Waals surface area contributed by atoms with Crippen LogP contribution in [-0.4, -0.2) is 25.5 Å². The van der Waals surface area contributed by atoms with Crippen LogP contribution in [0, 0.1) is 0 Å².